The van der Waals surface area contributed by atoms with Crippen LogP contribution in [0.1, 0.15) is 39.2 Å². The molecule has 1 aliphatic carbocycles. The molecular formula is C16H13Br2NO3S. The molecule has 0 amide bonds. The van der Waals surface area contributed by atoms with Crippen LogP contribution in [0.5, 0.6) is 5.75 Å². The molecule has 0 aliphatic heterocycles. The summed E-state index contributed by atoms with van der Waals surface area (Å²) in [7, 11) is 0. The molecular weight excluding hydrogens is 446 g/mol. The number of carboxylic acid groups (broad SMARTS) is 1. The Hall–Kier alpha value is -1.18. The Labute approximate surface area is 154 Å². The molecule has 3 rings (SSSR count). The first-order valence-electron chi connectivity index (χ1n) is 7.07. The fourth-order valence-electron chi connectivity index (χ4n) is 2.65. The highest BCUT2D eigenvalue weighted by Gasteiger charge is 2.24. The quantitative estimate of drug-likeness (QED) is 0.612. The molecule has 2 N–H and O–H groups in total. The van der Waals surface area contributed by atoms with Gasteiger partial charge in [-0.15, -0.1) is 11.3 Å². The second kappa shape index (κ2) is 6.75. The number of phenols is 1. The van der Waals surface area contributed by atoms with Gasteiger partial charge in [-0.3, -0.25) is 0 Å². The summed E-state index contributed by atoms with van der Waals surface area (Å²) in [6.07, 6.45) is 5.35. The summed E-state index contributed by atoms with van der Waals surface area (Å²) in [4.78, 5) is 17.1. The number of hydrogen-bond donors (Lipinski definition) is 2. The van der Waals surface area contributed by atoms with Gasteiger partial charge in [0.05, 0.1) is 5.56 Å². The number of aromatic carboxylic acids is 1. The van der Waals surface area contributed by atoms with Crippen molar-refractivity contribution in [3.63, 3.8) is 0 Å². The minimum atomic E-state index is -0.933. The number of rotatable bonds is 3. The van der Waals surface area contributed by atoms with Crippen LogP contribution < -0.4 is 0 Å². The smallest absolute Gasteiger partial charge is 0.339 e. The average molecular weight is 459 g/mol. The van der Waals surface area contributed by atoms with Gasteiger partial charge in [0.2, 0.25) is 0 Å². The van der Waals surface area contributed by atoms with Crippen LogP contribution in [0.25, 0.3) is 0 Å². The van der Waals surface area contributed by atoms with Crippen molar-refractivity contribution in [3.05, 3.63) is 42.6 Å². The lowest BCUT2D eigenvalue weighted by Gasteiger charge is -2.10. The first-order valence-corrected chi connectivity index (χ1v) is 9.47. The van der Waals surface area contributed by atoms with E-state index < -0.39 is 5.97 Å². The molecule has 1 aromatic heterocycles. The van der Waals surface area contributed by atoms with Crippen LogP contribution in [0.2, 0.25) is 0 Å². The molecule has 4 nitrogen and oxygen atoms in total. The van der Waals surface area contributed by atoms with Gasteiger partial charge in [-0.2, -0.15) is 0 Å². The van der Waals surface area contributed by atoms with Crippen LogP contribution in [-0.4, -0.2) is 22.4 Å². The summed E-state index contributed by atoms with van der Waals surface area (Å²) in [5, 5.41) is 20.0. The highest BCUT2D eigenvalue weighted by molar-refractivity contribution is 9.13. The van der Waals surface area contributed by atoms with Crippen molar-refractivity contribution in [2.75, 3.05) is 0 Å². The molecule has 0 fully saturated rings. The van der Waals surface area contributed by atoms with Crippen LogP contribution in [0.15, 0.2) is 26.1 Å². The molecule has 0 saturated heterocycles. The zero-order chi connectivity index (χ0) is 16.6. The number of nitrogens with zero attached hydrogens (tertiary/aromatic N) is 1. The van der Waals surface area contributed by atoms with Crippen LogP contribution in [0.4, 0.5) is 5.00 Å². The van der Waals surface area contributed by atoms with E-state index in [9.17, 15) is 15.0 Å². The van der Waals surface area contributed by atoms with Crippen molar-refractivity contribution in [1.82, 2.24) is 0 Å². The van der Waals surface area contributed by atoms with Crippen molar-refractivity contribution in [1.29, 1.82) is 0 Å². The van der Waals surface area contributed by atoms with E-state index in [1.54, 1.807) is 12.1 Å². The molecule has 0 radical (unpaired) electrons. The Balaban J connectivity index is 2.01. The van der Waals surface area contributed by atoms with E-state index in [4.69, 9.17) is 0 Å². The number of thiophene rings is 1. The number of phenolic OH excluding ortho intramolecular Hbond substituents is 1. The maximum absolute atomic E-state index is 11.6. The maximum Gasteiger partial charge on any atom is 0.339 e. The average Bonchev–Trinajstić information content (AvgIpc) is 2.88. The van der Waals surface area contributed by atoms with Gasteiger partial charge in [0.1, 0.15) is 10.8 Å². The highest BCUT2D eigenvalue weighted by atomic mass is 79.9. The standard InChI is InChI=1S/C16H13Br2NO3S/c17-10-5-8(12(20)6-11(10)18)7-19-15-14(16(21)22)9-3-1-2-4-13(9)23-15/h5-7,20H,1-4H2,(H,21,22). The number of carboxylic acids is 1. The van der Waals surface area contributed by atoms with Crippen molar-refractivity contribution < 1.29 is 15.0 Å². The van der Waals surface area contributed by atoms with E-state index in [2.05, 4.69) is 36.9 Å². The third-order valence-corrected chi connectivity index (χ3v) is 6.80. The Morgan fingerprint density at radius 3 is 2.65 bits per heavy atom. The Kier molecular flexibility index (Phi) is 4.89. The number of aromatic hydroxyl groups is 1. The predicted octanol–water partition coefficient (Wildman–Crippen LogP) is 5.31. The van der Waals surface area contributed by atoms with E-state index in [1.165, 1.54) is 17.6 Å². The van der Waals surface area contributed by atoms with Gasteiger partial charge in [0.25, 0.3) is 0 Å². The molecule has 1 aromatic carbocycles. The number of aryl methyl sites for hydroxylation is 1. The summed E-state index contributed by atoms with van der Waals surface area (Å²) in [6, 6.07) is 3.31. The third kappa shape index (κ3) is 3.36. The highest BCUT2D eigenvalue weighted by Crippen LogP contribution is 2.40. The summed E-state index contributed by atoms with van der Waals surface area (Å²) >= 11 is 8.14. The van der Waals surface area contributed by atoms with Crippen LogP contribution in [0.3, 0.4) is 0 Å². The molecule has 23 heavy (non-hydrogen) atoms. The molecule has 0 bridgehead atoms. The van der Waals surface area contributed by atoms with E-state index in [-0.39, 0.29) is 5.75 Å². The Morgan fingerprint density at radius 2 is 1.91 bits per heavy atom. The van der Waals surface area contributed by atoms with E-state index >= 15 is 0 Å². The molecule has 7 heteroatoms. The molecule has 1 aliphatic rings. The topological polar surface area (TPSA) is 69.9 Å². The first kappa shape index (κ1) is 16.7. The van der Waals surface area contributed by atoms with Gasteiger partial charge in [0.15, 0.2) is 0 Å². The second-order valence-electron chi connectivity index (χ2n) is 5.28. The minimum Gasteiger partial charge on any atom is -0.507 e. The van der Waals surface area contributed by atoms with Crippen LogP contribution in [-0.2, 0) is 12.8 Å². The number of hydrogen-bond acceptors (Lipinski definition) is 4. The zero-order valence-electron chi connectivity index (χ0n) is 12.0. The Morgan fingerprint density at radius 1 is 1.22 bits per heavy atom. The summed E-state index contributed by atoms with van der Waals surface area (Å²) in [5.41, 5.74) is 1.78. The fourth-order valence-corrected chi connectivity index (χ4v) is 4.56. The number of fused-ring (bicyclic) bond motifs is 1. The van der Waals surface area contributed by atoms with Crippen molar-refractivity contribution in [2.24, 2.45) is 4.99 Å². The normalized spacial score (nSPS) is 14.2. The van der Waals surface area contributed by atoms with Crippen LogP contribution in [0, 0.1) is 0 Å². The first-order chi connectivity index (χ1) is 11.0. The minimum absolute atomic E-state index is 0.0852. The maximum atomic E-state index is 11.6. The largest absolute Gasteiger partial charge is 0.507 e. The lowest BCUT2D eigenvalue weighted by molar-refractivity contribution is 0.0697. The molecule has 0 saturated carbocycles. The predicted molar refractivity (Wildman–Crippen MR) is 98.7 cm³/mol. The monoisotopic (exact) mass is 457 g/mol. The molecule has 0 atom stereocenters. The number of benzene rings is 1. The summed E-state index contributed by atoms with van der Waals surface area (Å²) in [5.74, 6) is -0.847. The fraction of sp³-hybridized carbons (Fsp3) is 0.250. The van der Waals surface area contributed by atoms with Crippen molar-refractivity contribution in [2.45, 2.75) is 25.7 Å². The van der Waals surface area contributed by atoms with Crippen molar-refractivity contribution >= 4 is 60.4 Å². The van der Waals surface area contributed by atoms with Gasteiger partial charge in [-0.05, 0) is 75.2 Å². The second-order valence-corrected chi connectivity index (χ2v) is 8.07. The van der Waals surface area contributed by atoms with Gasteiger partial charge >= 0.3 is 5.97 Å². The summed E-state index contributed by atoms with van der Waals surface area (Å²) < 4.78 is 1.53. The summed E-state index contributed by atoms with van der Waals surface area (Å²) in [6.45, 7) is 0. The molecule has 2 aromatic rings. The van der Waals surface area contributed by atoms with Gasteiger partial charge in [-0.1, -0.05) is 0 Å². The van der Waals surface area contributed by atoms with Gasteiger partial charge in [-0.25, -0.2) is 9.79 Å². The third-order valence-electron chi connectivity index (χ3n) is 3.76. The van der Waals surface area contributed by atoms with E-state index in [0.717, 1.165) is 45.1 Å². The van der Waals surface area contributed by atoms with Crippen LogP contribution >= 0.6 is 43.2 Å². The molecule has 1 heterocycles. The van der Waals surface area contributed by atoms with E-state index in [1.807, 2.05) is 0 Å². The van der Waals surface area contributed by atoms with E-state index in [0.29, 0.717) is 16.1 Å². The molecule has 0 spiro atoms. The zero-order valence-corrected chi connectivity index (χ0v) is 16.0. The lowest BCUT2D eigenvalue weighted by Crippen LogP contribution is -2.05. The SMILES string of the molecule is O=C(O)c1c(N=Cc2cc(Br)c(Br)cc2O)sc2c1CCCC2. The lowest BCUT2D eigenvalue weighted by atomic mass is 9.95. The number of carbonyl (C=O) groups is 1. The molecule has 120 valence electrons. The van der Waals surface area contributed by atoms with Crippen molar-refractivity contribution in [3.8, 4) is 5.75 Å². The molecule has 0 unspecified atom stereocenters. The number of aliphatic imine (C=N–C) groups is 1. The van der Waals surface area contributed by atoms with Gasteiger partial charge in [0, 0.05) is 25.6 Å². The number of halogens is 2. The van der Waals surface area contributed by atoms with Gasteiger partial charge < -0.3 is 10.2 Å². The Bertz CT molecular complexity index is 814.